The van der Waals surface area contributed by atoms with E-state index >= 15 is 0 Å². The topological polar surface area (TPSA) is 0 Å². The van der Waals surface area contributed by atoms with Crippen molar-refractivity contribution >= 4 is 17.8 Å². The molecule has 2 heteroatoms. The quantitative estimate of drug-likeness (QED) is 0.197. The first-order valence-corrected chi connectivity index (χ1v) is 16.7. The highest BCUT2D eigenvalue weighted by molar-refractivity contribution is 7.39. The van der Waals surface area contributed by atoms with Crippen LogP contribution in [0.25, 0.3) is 0 Å². The summed E-state index contributed by atoms with van der Waals surface area (Å²) in [5.41, 5.74) is 9.11. The van der Waals surface area contributed by atoms with Crippen molar-refractivity contribution in [2.45, 2.75) is 89.1 Å². The summed E-state index contributed by atoms with van der Waals surface area (Å²) in [7, 11) is 4.28. The van der Waals surface area contributed by atoms with Gasteiger partial charge in [-0.2, -0.15) is 0 Å². The summed E-state index contributed by atoms with van der Waals surface area (Å²) >= 11 is 0. The molecule has 0 radical (unpaired) electrons. The van der Waals surface area contributed by atoms with Gasteiger partial charge in [0.25, 0.3) is 0 Å². The Morgan fingerprint density at radius 1 is 0.711 bits per heavy atom. The highest BCUT2D eigenvalue weighted by Crippen LogP contribution is 2.64. The molecule has 0 amide bonds. The zero-order valence-corrected chi connectivity index (χ0v) is 26.0. The minimum absolute atomic E-state index is 0.262. The lowest BCUT2D eigenvalue weighted by Crippen LogP contribution is -2.48. The average molecular weight is 541 g/mol. The summed E-state index contributed by atoms with van der Waals surface area (Å²) < 4.78 is 0. The molecule has 7 rings (SSSR count). The fraction of sp³-hybridized carbons (Fsp3) is 0.500. The summed E-state index contributed by atoms with van der Waals surface area (Å²) in [6, 6.07) is 27.3. The Labute approximate surface area is 235 Å². The lowest BCUT2D eigenvalue weighted by atomic mass is 9.48. The second-order valence-corrected chi connectivity index (χ2v) is 16.9. The van der Waals surface area contributed by atoms with Crippen LogP contribution in [0.15, 0.2) is 72.8 Å². The van der Waals surface area contributed by atoms with Crippen LogP contribution in [0.5, 0.6) is 0 Å². The fourth-order valence-corrected chi connectivity index (χ4v) is 11.8. The molecule has 2 atom stereocenters. The van der Waals surface area contributed by atoms with E-state index < -0.39 is 0 Å². The Hall–Kier alpha value is -1.48. The molecule has 4 aliphatic carbocycles. The molecule has 0 spiro atoms. The number of rotatable bonds is 8. The van der Waals surface area contributed by atoms with Gasteiger partial charge in [-0.15, -0.1) is 17.8 Å². The largest absolute Gasteiger partial charge is 0.117 e. The normalized spacial score (nSPS) is 26.9. The van der Waals surface area contributed by atoms with E-state index in [1.807, 2.05) is 0 Å². The molecule has 0 N–H and O–H groups in total. The first kappa shape index (κ1) is 26.7. The van der Waals surface area contributed by atoms with Crippen molar-refractivity contribution in [3.63, 3.8) is 0 Å². The third kappa shape index (κ3) is 4.95. The van der Waals surface area contributed by atoms with Gasteiger partial charge in [0.2, 0.25) is 0 Å². The van der Waals surface area contributed by atoms with Crippen molar-refractivity contribution in [2.24, 2.45) is 23.2 Å². The molecule has 0 saturated heterocycles. The van der Waals surface area contributed by atoms with Gasteiger partial charge in [0.15, 0.2) is 0 Å². The van der Waals surface area contributed by atoms with E-state index in [-0.39, 0.29) is 5.16 Å². The average Bonchev–Trinajstić information content (AvgIpc) is 2.86. The van der Waals surface area contributed by atoms with Crippen LogP contribution in [0.4, 0.5) is 0 Å². The first-order valence-electron chi connectivity index (χ1n) is 14.9. The zero-order valence-electron chi connectivity index (χ0n) is 23.9. The molecule has 200 valence electrons. The van der Waals surface area contributed by atoms with Crippen molar-refractivity contribution in [1.82, 2.24) is 0 Å². The number of benzene rings is 3. The predicted molar refractivity (Wildman–Crippen MR) is 170 cm³/mol. The van der Waals surface area contributed by atoms with Gasteiger partial charge in [0, 0.05) is 0 Å². The van der Waals surface area contributed by atoms with Crippen LogP contribution in [0.3, 0.4) is 0 Å². The molecule has 3 aromatic carbocycles. The van der Waals surface area contributed by atoms with E-state index in [1.54, 1.807) is 19.3 Å². The van der Waals surface area contributed by atoms with Crippen LogP contribution in [0.1, 0.15) is 92.2 Å². The molecule has 38 heavy (non-hydrogen) atoms. The van der Waals surface area contributed by atoms with E-state index in [1.165, 1.54) is 65.2 Å². The molecule has 4 bridgehead atoms. The van der Waals surface area contributed by atoms with Crippen LogP contribution in [0, 0.1) is 37.0 Å². The molecular formula is C36H46P2. The SMILES string of the molecule is Cc1ccccc1C(P)(c1ccccc1C)c1ccccc1CPC(C)(C)CC12CC3CC(CC(C3)C1)C2. The highest BCUT2D eigenvalue weighted by atomic mass is 31.1. The molecule has 0 aliphatic heterocycles. The second kappa shape index (κ2) is 10.2. The number of hydrogen-bond acceptors (Lipinski definition) is 0. The third-order valence-electron chi connectivity index (χ3n) is 10.3. The van der Waals surface area contributed by atoms with Gasteiger partial charge in [0.1, 0.15) is 0 Å². The van der Waals surface area contributed by atoms with Gasteiger partial charge >= 0.3 is 0 Å². The maximum Gasteiger partial charge on any atom is 0.0599 e. The van der Waals surface area contributed by atoms with Gasteiger partial charge in [-0.25, -0.2) is 0 Å². The summed E-state index contributed by atoms with van der Waals surface area (Å²) in [4.78, 5) is 0. The van der Waals surface area contributed by atoms with E-state index in [4.69, 9.17) is 0 Å². The molecule has 2 unspecified atom stereocenters. The highest BCUT2D eigenvalue weighted by Gasteiger charge is 2.52. The molecule has 0 aromatic heterocycles. The monoisotopic (exact) mass is 540 g/mol. The predicted octanol–water partition coefficient (Wildman–Crippen LogP) is 10.0. The van der Waals surface area contributed by atoms with Gasteiger partial charge < -0.3 is 0 Å². The van der Waals surface area contributed by atoms with E-state index in [2.05, 4.69) is 110 Å². The zero-order chi connectivity index (χ0) is 26.5. The smallest absolute Gasteiger partial charge is 0.0599 e. The Balaban J connectivity index is 1.31. The Bertz CT molecular complexity index is 1220. The summed E-state index contributed by atoms with van der Waals surface area (Å²) in [5, 5.41) is 0.134. The van der Waals surface area contributed by atoms with Crippen LogP contribution in [0.2, 0.25) is 0 Å². The van der Waals surface area contributed by atoms with Crippen LogP contribution < -0.4 is 0 Å². The standard InChI is InChI=1S/C36H46P2/c1-25-11-5-8-14-31(25)36(37,32-15-9-6-12-26(32)2)33-16-10-7-13-30(33)23-38-34(3,4)24-35-20-27-17-28(21-35)19-29(18-27)22-35/h5-16,27-29,38H,17-24,37H2,1-4H3. The molecule has 4 fully saturated rings. The summed E-state index contributed by atoms with van der Waals surface area (Å²) in [6.07, 6.45) is 11.8. The second-order valence-electron chi connectivity index (χ2n) is 13.9. The van der Waals surface area contributed by atoms with E-state index in [0.29, 0.717) is 10.6 Å². The van der Waals surface area contributed by atoms with Gasteiger partial charge in [-0.3, -0.25) is 0 Å². The van der Waals surface area contributed by atoms with Crippen molar-refractivity contribution in [3.05, 3.63) is 106 Å². The van der Waals surface area contributed by atoms with E-state index in [9.17, 15) is 0 Å². The van der Waals surface area contributed by atoms with E-state index in [0.717, 1.165) is 26.3 Å². The van der Waals surface area contributed by atoms with Gasteiger partial charge in [-0.05, 0) is 127 Å². The van der Waals surface area contributed by atoms with Crippen LogP contribution >= 0.6 is 17.8 Å². The van der Waals surface area contributed by atoms with Gasteiger partial charge in [0.05, 0.1) is 5.16 Å². The third-order valence-corrected chi connectivity index (χ3v) is 12.9. The maximum atomic E-state index is 3.33. The molecule has 4 aliphatic rings. The molecule has 4 saturated carbocycles. The Morgan fingerprint density at radius 2 is 1.16 bits per heavy atom. The van der Waals surface area contributed by atoms with Crippen molar-refractivity contribution in [3.8, 4) is 0 Å². The summed E-state index contributed by atoms with van der Waals surface area (Å²) in [5.74, 6) is 3.13. The van der Waals surface area contributed by atoms with Crippen LogP contribution in [-0.4, -0.2) is 5.16 Å². The van der Waals surface area contributed by atoms with Gasteiger partial charge in [-0.1, -0.05) is 86.6 Å². The number of aryl methyl sites for hydroxylation is 2. The summed E-state index contributed by atoms with van der Waals surface area (Å²) in [6.45, 7) is 9.71. The first-order chi connectivity index (χ1) is 18.2. The number of hydrogen-bond donors (Lipinski definition) is 0. The Morgan fingerprint density at radius 3 is 1.66 bits per heavy atom. The maximum absolute atomic E-state index is 3.33. The molecule has 0 nitrogen and oxygen atoms in total. The molecule has 3 aromatic rings. The van der Waals surface area contributed by atoms with Crippen molar-refractivity contribution in [1.29, 1.82) is 0 Å². The lowest BCUT2D eigenvalue weighted by Gasteiger charge is -2.58. The molecule has 0 heterocycles. The van der Waals surface area contributed by atoms with Crippen molar-refractivity contribution < 1.29 is 0 Å². The molecular weight excluding hydrogens is 494 g/mol. The van der Waals surface area contributed by atoms with Crippen molar-refractivity contribution in [2.75, 3.05) is 0 Å². The minimum Gasteiger partial charge on any atom is -0.117 e. The fourth-order valence-electron chi connectivity index (χ4n) is 9.37. The Kier molecular flexibility index (Phi) is 7.15. The van der Waals surface area contributed by atoms with Crippen LogP contribution in [-0.2, 0) is 11.3 Å². The lowest BCUT2D eigenvalue weighted by molar-refractivity contribution is -0.0609. The minimum atomic E-state index is -0.262.